The molecule has 0 fully saturated rings. The van der Waals surface area contributed by atoms with Crippen molar-refractivity contribution in [2.45, 2.75) is 19.9 Å². The van der Waals surface area contributed by atoms with Crippen LogP contribution >= 0.6 is 12.4 Å². The number of nitrogen functional groups attached to an aromatic ring is 2. The van der Waals surface area contributed by atoms with Gasteiger partial charge in [-0.3, -0.25) is 4.79 Å². The summed E-state index contributed by atoms with van der Waals surface area (Å²) in [7, 11) is 0. The van der Waals surface area contributed by atoms with E-state index in [0.29, 0.717) is 11.4 Å². The summed E-state index contributed by atoms with van der Waals surface area (Å²) in [6.07, 6.45) is 3.11. The molecule has 1 aromatic rings. The van der Waals surface area contributed by atoms with Crippen molar-refractivity contribution in [1.82, 2.24) is 5.32 Å². The van der Waals surface area contributed by atoms with E-state index in [4.69, 9.17) is 11.5 Å². The van der Waals surface area contributed by atoms with Gasteiger partial charge in [0.1, 0.15) is 0 Å². The van der Waals surface area contributed by atoms with Crippen LogP contribution in [0.3, 0.4) is 0 Å². The predicted octanol–water partition coefficient (Wildman–Crippen LogP) is 1.81. The molecule has 0 saturated heterocycles. The van der Waals surface area contributed by atoms with Crippen LogP contribution in [0.2, 0.25) is 0 Å². The second kappa shape index (κ2) is 6.81. The van der Waals surface area contributed by atoms with Gasteiger partial charge in [-0.05, 0) is 43.7 Å². The molecule has 5 N–H and O–H groups in total. The molecule has 0 atom stereocenters. The van der Waals surface area contributed by atoms with E-state index in [1.807, 2.05) is 13.8 Å². The highest BCUT2D eigenvalue weighted by Gasteiger charge is 1.99. The standard InChI is InChI=1S/C12H17N3O.ClH/c1-8(2)15-12(16)6-3-9-7-10(13)4-5-11(9)14;/h3-8H,13-14H2,1-2H3,(H,15,16);1H/b6-3+;. The highest BCUT2D eigenvalue weighted by atomic mass is 35.5. The lowest BCUT2D eigenvalue weighted by Crippen LogP contribution is -2.28. The summed E-state index contributed by atoms with van der Waals surface area (Å²) in [6.45, 7) is 3.81. The third-order valence-electron chi connectivity index (χ3n) is 1.96. The molecule has 0 radical (unpaired) electrons. The first kappa shape index (κ1) is 15.3. The van der Waals surface area contributed by atoms with Crippen molar-refractivity contribution >= 4 is 35.8 Å². The summed E-state index contributed by atoms with van der Waals surface area (Å²) < 4.78 is 0. The molecule has 0 heterocycles. The molecule has 0 aliphatic heterocycles. The normalized spacial score (nSPS) is 10.3. The molecule has 1 aromatic carbocycles. The van der Waals surface area contributed by atoms with Crippen LogP contribution in [0.4, 0.5) is 11.4 Å². The van der Waals surface area contributed by atoms with Crippen molar-refractivity contribution in [3.8, 4) is 0 Å². The largest absolute Gasteiger partial charge is 0.399 e. The maximum atomic E-state index is 11.4. The number of carbonyl (C=O) groups excluding carboxylic acids is 1. The van der Waals surface area contributed by atoms with Gasteiger partial charge in [-0.15, -0.1) is 12.4 Å². The molecule has 17 heavy (non-hydrogen) atoms. The molecule has 1 amide bonds. The van der Waals surface area contributed by atoms with Crippen LogP contribution in [0.25, 0.3) is 6.08 Å². The zero-order valence-corrected chi connectivity index (χ0v) is 10.8. The maximum absolute atomic E-state index is 11.4. The van der Waals surface area contributed by atoms with Gasteiger partial charge in [-0.25, -0.2) is 0 Å². The zero-order valence-electron chi connectivity index (χ0n) is 9.94. The number of carbonyl (C=O) groups is 1. The second-order valence-corrected chi connectivity index (χ2v) is 3.88. The minimum absolute atomic E-state index is 0. The number of hydrogen-bond donors (Lipinski definition) is 3. The van der Waals surface area contributed by atoms with Gasteiger partial charge in [-0.2, -0.15) is 0 Å². The van der Waals surface area contributed by atoms with E-state index >= 15 is 0 Å². The van der Waals surface area contributed by atoms with Gasteiger partial charge in [-0.1, -0.05) is 0 Å². The number of nitrogens with two attached hydrogens (primary N) is 2. The minimum Gasteiger partial charge on any atom is -0.399 e. The first-order valence-electron chi connectivity index (χ1n) is 5.12. The summed E-state index contributed by atoms with van der Waals surface area (Å²) in [5.41, 5.74) is 13.3. The molecule has 1 rings (SSSR count). The van der Waals surface area contributed by atoms with Gasteiger partial charge < -0.3 is 16.8 Å². The van der Waals surface area contributed by atoms with Gasteiger partial charge in [0.2, 0.25) is 5.91 Å². The lowest BCUT2D eigenvalue weighted by molar-refractivity contribution is -0.116. The Balaban J connectivity index is 0.00000256. The molecule has 5 heteroatoms. The Hall–Kier alpha value is -1.68. The summed E-state index contributed by atoms with van der Waals surface area (Å²) >= 11 is 0. The van der Waals surface area contributed by atoms with Gasteiger partial charge >= 0.3 is 0 Å². The quantitative estimate of drug-likeness (QED) is 0.569. The van der Waals surface area contributed by atoms with E-state index in [0.717, 1.165) is 5.56 Å². The minimum atomic E-state index is -0.142. The molecule has 0 bridgehead atoms. The second-order valence-electron chi connectivity index (χ2n) is 3.88. The molecule has 0 aliphatic rings. The van der Waals surface area contributed by atoms with E-state index in [1.165, 1.54) is 6.08 Å². The smallest absolute Gasteiger partial charge is 0.244 e. The fourth-order valence-corrected chi connectivity index (χ4v) is 1.24. The van der Waals surface area contributed by atoms with Gasteiger partial charge in [0, 0.05) is 23.5 Å². The third-order valence-corrected chi connectivity index (χ3v) is 1.96. The van der Waals surface area contributed by atoms with Crippen molar-refractivity contribution < 1.29 is 4.79 Å². The van der Waals surface area contributed by atoms with Gasteiger partial charge in [0.05, 0.1) is 0 Å². The van der Waals surface area contributed by atoms with Crippen LogP contribution in [-0.4, -0.2) is 11.9 Å². The number of nitrogens with one attached hydrogen (secondary N) is 1. The molecule has 94 valence electrons. The van der Waals surface area contributed by atoms with Crippen LogP contribution in [-0.2, 0) is 4.79 Å². The van der Waals surface area contributed by atoms with E-state index < -0.39 is 0 Å². The number of halogens is 1. The summed E-state index contributed by atoms with van der Waals surface area (Å²) in [5, 5.41) is 2.75. The van der Waals surface area contributed by atoms with Gasteiger partial charge in [0.15, 0.2) is 0 Å². The van der Waals surface area contributed by atoms with E-state index in [2.05, 4.69) is 5.32 Å². The Bertz CT molecular complexity index is 416. The van der Waals surface area contributed by atoms with Gasteiger partial charge in [0.25, 0.3) is 0 Å². The molecule has 0 spiro atoms. The summed E-state index contributed by atoms with van der Waals surface area (Å²) in [6, 6.07) is 5.29. The average Bonchev–Trinajstić information content (AvgIpc) is 2.18. The zero-order chi connectivity index (χ0) is 12.1. The monoisotopic (exact) mass is 255 g/mol. The average molecular weight is 256 g/mol. The van der Waals surface area contributed by atoms with Crippen molar-refractivity contribution in [3.63, 3.8) is 0 Å². The SMILES string of the molecule is CC(C)NC(=O)/C=C/c1cc(N)ccc1N.Cl. The van der Waals surface area contributed by atoms with Crippen LogP contribution in [0.5, 0.6) is 0 Å². The maximum Gasteiger partial charge on any atom is 0.244 e. The molecular weight excluding hydrogens is 238 g/mol. The van der Waals surface area contributed by atoms with Crippen molar-refractivity contribution in [3.05, 3.63) is 29.8 Å². The topological polar surface area (TPSA) is 81.1 Å². The number of anilines is 2. The molecule has 0 aliphatic carbocycles. The molecule has 4 nitrogen and oxygen atoms in total. The lowest BCUT2D eigenvalue weighted by atomic mass is 10.1. The highest BCUT2D eigenvalue weighted by molar-refractivity contribution is 5.92. The number of rotatable bonds is 3. The third kappa shape index (κ3) is 5.26. The Morgan fingerprint density at radius 3 is 2.59 bits per heavy atom. The Morgan fingerprint density at radius 2 is 2.00 bits per heavy atom. The number of hydrogen-bond acceptors (Lipinski definition) is 3. The van der Waals surface area contributed by atoms with Crippen molar-refractivity contribution in [2.24, 2.45) is 0 Å². The van der Waals surface area contributed by atoms with Crippen LogP contribution in [0.15, 0.2) is 24.3 Å². The van der Waals surface area contributed by atoms with Crippen molar-refractivity contribution in [2.75, 3.05) is 11.5 Å². The Labute approximate surface area is 107 Å². The molecule has 0 aromatic heterocycles. The van der Waals surface area contributed by atoms with Crippen molar-refractivity contribution in [1.29, 1.82) is 0 Å². The number of benzene rings is 1. The lowest BCUT2D eigenvalue weighted by Gasteiger charge is -2.05. The Kier molecular flexibility index (Phi) is 6.13. The first-order valence-corrected chi connectivity index (χ1v) is 5.12. The molecule has 0 unspecified atom stereocenters. The van der Waals surface area contributed by atoms with E-state index in [1.54, 1.807) is 24.3 Å². The first-order chi connectivity index (χ1) is 7.49. The fourth-order valence-electron chi connectivity index (χ4n) is 1.24. The van der Waals surface area contributed by atoms with Crippen LogP contribution in [0.1, 0.15) is 19.4 Å². The van der Waals surface area contributed by atoms with Crippen LogP contribution < -0.4 is 16.8 Å². The predicted molar refractivity (Wildman–Crippen MR) is 74.8 cm³/mol. The number of amides is 1. The Morgan fingerprint density at radius 1 is 1.35 bits per heavy atom. The highest BCUT2D eigenvalue weighted by Crippen LogP contribution is 2.16. The fraction of sp³-hybridized carbons (Fsp3) is 0.250. The van der Waals surface area contributed by atoms with E-state index in [-0.39, 0.29) is 24.4 Å². The van der Waals surface area contributed by atoms with Crippen LogP contribution in [0, 0.1) is 0 Å². The van der Waals surface area contributed by atoms with E-state index in [9.17, 15) is 4.79 Å². The molecule has 0 saturated carbocycles. The molecular formula is C12H18ClN3O. The summed E-state index contributed by atoms with van der Waals surface area (Å²) in [5.74, 6) is -0.142. The summed E-state index contributed by atoms with van der Waals surface area (Å²) in [4.78, 5) is 11.4.